The Morgan fingerprint density at radius 2 is 2.50 bits per heavy atom. The maximum absolute atomic E-state index is 10.9. The van der Waals surface area contributed by atoms with E-state index in [1.165, 1.54) is 5.01 Å². The van der Waals surface area contributed by atoms with Crippen LogP contribution in [0.2, 0.25) is 17.9 Å². The summed E-state index contributed by atoms with van der Waals surface area (Å²) in [7, 11) is -0.0657. The summed E-state index contributed by atoms with van der Waals surface area (Å²) in [6.45, 7) is 5.61. The zero-order valence-electron chi connectivity index (χ0n) is 7.08. The van der Waals surface area contributed by atoms with Gasteiger partial charge in [0.05, 0.1) is 0 Å². The maximum atomic E-state index is 10.9. The van der Waals surface area contributed by atoms with Gasteiger partial charge in [-0.25, -0.2) is 0 Å². The Kier molecular flexibility index (Phi) is 8.14. The second kappa shape index (κ2) is 7.94. The van der Waals surface area contributed by atoms with Gasteiger partial charge in [0.1, 0.15) is 0 Å². The molecule has 73 valence electrons. The zero-order chi connectivity index (χ0) is 9.40. The van der Waals surface area contributed by atoms with Crippen molar-refractivity contribution in [2.45, 2.75) is 17.9 Å². The molecular weight excluding hydrogens is 235 g/mol. The Balaban J connectivity index is 3.92. The van der Waals surface area contributed by atoms with Gasteiger partial charge in [0, 0.05) is 0 Å². The Hall–Kier alpha value is 0.313. The molecule has 0 fully saturated rings. The summed E-state index contributed by atoms with van der Waals surface area (Å²) in [5.74, 6) is 0. The average Bonchev–Trinajstić information content (AvgIpc) is 2.11. The monoisotopic (exact) mass is 249 g/mol. The summed E-state index contributed by atoms with van der Waals surface area (Å²) >= 11 is -0.499. The van der Waals surface area contributed by atoms with E-state index in [9.17, 15) is 3.87 Å². The zero-order valence-corrected chi connectivity index (χ0v) is 10.4. The van der Waals surface area contributed by atoms with E-state index in [-0.39, 0.29) is 9.52 Å². The van der Waals surface area contributed by atoms with Crippen molar-refractivity contribution in [1.82, 2.24) is 0 Å². The summed E-state index contributed by atoms with van der Waals surface area (Å²) in [6.07, 6.45) is 1.85. The van der Waals surface area contributed by atoms with Crippen LogP contribution < -0.4 is 0 Å². The predicted molar refractivity (Wildman–Crippen MR) is 53.2 cm³/mol. The van der Waals surface area contributed by atoms with Crippen LogP contribution in [0.25, 0.3) is 0 Å². The summed E-state index contributed by atoms with van der Waals surface area (Å²) < 4.78 is 19.7. The van der Waals surface area contributed by atoms with Crippen LogP contribution >= 0.6 is 12.0 Å². The molecule has 0 aromatic heterocycles. The van der Waals surface area contributed by atoms with Gasteiger partial charge in [-0.15, -0.1) is 0 Å². The van der Waals surface area contributed by atoms with Crippen molar-refractivity contribution < 1.29 is 22.0 Å². The van der Waals surface area contributed by atoms with Gasteiger partial charge >= 0.3 is 84.1 Å². The van der Waals surface area contributed by atoms with E-state index in [4.69, 9.17) is 4.55 Å². The first-order valence-corrected chi connectivity index (χ1v) is 8.57. The van der Waals surface area contributed by atoms with Crippen molar-refractivity contribution in [2.75, 3.05) is 0 Å². The van der Waals surface area contributed by atoms with Gasteiger partial charge in [-0.2, -0.15) is 0 Å². The first-order valence-electron chi connectivity index (χ1n) is 3.62. The molecule has 0 aliphatic heterocycles. The SMILES string of the molecule is C=[CH][Co](=[O])[CH2]/C=C(\C[SiH2]C)SO. The third-order valence-corrected chi connectivity index (χ3v) is 4.31. The summed E-state index contributed by atoms with van der Waals surface area (Å²) in [5, 5.41) is 1.96. The van der Waals surface area contributed by atoms with Crippen LogP contribution in [-0.2, 0) is 17.5 Å². The van der Waals surface area contributed by atoms with Crippen LogP contribution in [0.1, 0.15) is 0 Å². The van der Waals surface area contributed by atoms with Crippen molar-refractivity contribution in [3.8, 4) is 0 Å². The van der Waals surface area contributed by atoms with Gasteiger partial charge < -0.3 is 0 Å². The second-order valence-corrected chi connectivity index (χ2v) is 6.12. The summed E-state index contributed by atoms with van der Waals surface area (Å²) in [6, 6.07) is 0.987. The second-order valence-electron chi connectivity index (χ2n) is 2.09. The van der Waals surface area contributed by atoms with Crippen molar-refractivity contribution >= 4 is 21.6 Å². The number of allylic oxidation sites excluding steroid dienone is 2. The molecule has 0 aliphatic rings. The molecule has 0 amide bonds. The first-order chi connectivity index (χ1) is 5.74. The third kappa shape index (κ3) is 5.90. The third-order valence-electron chi connectivity index (χ3n) is 1.20. The molecule has 0 aromatic carbocycles. The van der Waals surface area contributed by atoms with Gasteiger partial charge in [0.15, 0.2) is 0 Å². The quantitative estimate of drug-likeness (QED) is 0.579. The first kappa shape index (κ1) is 12.3. The fraction of sp³-hybridized carbons (Fsp3) is 0.429. The van der Waals surface area contributed by atoms with Crippen LogP contribution in [0.5, 0.6) is 0 Å². The van der Waals surface area contributed by atoms with Crippen LogP contribution in [0, 0.1) is 0 Å². The van der Waals surface area contributed by atoms with E-state index in [2.05, 4.69) is 13.1 Å². The van der Waals surface area contributed by atoms with Crippen molar-refractivity contribution in [1.29, 1.82) is 0 Å². The van der Waals surface area contributed by atoms with Crippen LogP contribution in [-0.4, -0.2) is 14.1 Å². The van der Waals surface area contributed by atoms with Gasteiger partial charge in [0.2, 0.25) is 0 Å². The molecule has 2 nitrogen and oxygen atoms in total. The fourth-order valence-corrected chi connectivity index (χ4v) is 3.23. The molecule has 0 unspecified atom stereocenters. The number of hydrogen-bond acceptors (Lipinski definition) is 3. The van der Waals surface area contributed by atoms with Crippen LogP contribution in [0.4, 0.5) is 0 Å². The van der Waals surface area contributed by atoms with Crippen LogP contribution in [0.3, 0.4) is 0 Å². The Bertz CT molecular complexity index is 194. The van der Waals surface area contributed by atoms with E-state index in [1.807, 2.05) is 6.08 Å². The summed E-state index contributed by atoms with van der Waals surface area (Å²) in [4.78, 5) is 0.953. The van der Waals surface area contributed by atoms with Gasteiger partial charge in [-0.05, 0) is 0 Å². The fourth-order valence-electron chi connectivity index (χ4n) is 0.630. The molecule has 0 bridgehead atoms. The molecular formula is C7H14CoO2SSi. The van der Waals surface area contributed by atoms with Crippen molar-refractivity contribution in [3.05, 3.63) is 22.6 Å². The molecule has 0 aromatic rings. The van der Waals surface area contributed by atoms with Crippen LogP contribution in [0.15, 0.2) is 22.6 Å². The van der Waals surface area contributed by atoms with Crippen molar-refractivity contribution in [2.24, 2.45) is 0 Å². The van der Waals surface area contributed by atoms with E-state index < -0.39 is 13.6 Å². The molecule has 0 rings (SSSR count). The molecule has 0 heterocycles. The molecule has 12 heavy (non-hydrogen) atoms. The summed E-state index contributed by atoms with van der Waals surface area (Å²) in [5.41, 5.74) is 0. The Morgan fingerprint density at radius 3 is 2.92 bits per heavy atom. The van der Waals surface area contributed by atoms with E-state index in [0.717, 1.165) is 23.0 Å². The van der Waals surface area contributed by atoms with E-state index in [0.29, 0.717) is 5.36 Å². The molecule has 0 radical (unpaired) electrons. The van der Waals surface area contributed by atoms with E-state index in [1.54, 1.807) is 0 Å². The number of rotatable bonds is 6. The average molecular weight is 249 g/mol. The van der Waals surface area contributed by atoms with Gasteiger partial charge in [-0.1, -0.05) is 0 Å². The van der Waals surface area contributed by atoms with Crippen molar-refractivity contribution in [3.63, 3.8) is 0 Å². The Labute approximate surface area is 84.1 Å². The molecule has 0 atom stereocenters. The minimum atomic E-state index is -1.28. The van der Waals surface area contributed by atoms with Gasteiger partial charge in [0.25, 0.3) is 0 Å². The van der Waals surface area contributed by atoms with E-state index >= 15 is 0 Å². The predicted octanol–water partition coefficient (Wildman–Crippen LogP) is 2.24. The standard InChI is InChI=1S/C5H11OSSi.C2H3.Co.O/c1-3-5(7-6)4-8-2;1-2;;/h3,6H,1,4,8H2,2H3;1H,2H2;;/b5-3+;;;. The molecule has 0 saturated heterocycles. The molecule has 0 saturated carbocycles. The Morgan fingerprint density at radius 1 is 1.83 bits per heavy atom. The van der Waals surface area contributed by atoms with Gasteiger partial charge in [-0.3, -0.25) is 0 Å². The minimum absolute atomic E-state index is 0.0657. The molecule has 5 heteroatoms. The normalized spacial score (nSPS) is 13.8. The number of hydrogen-bond donors (Lipinski definition) is 1. The topological polar surface area (TPSA) is 37.3 Å². The molecule has 0 spiro atoms. The molecule has 1 N–H and O–H groups in total. The molecule has 0 aliphatic carbocycles.